The molecule has 1 aromatic heterocycles. The summed E-state index contributed by atoms with van der Waals surface area (Å²) < 4.78 is 5.27. The lowest BCUT2D eigenvalue weighted by molar-refractivity contribution is 0.0432. The van der Waals surface area contributed by atoms with Crippen LogP contribution in [0, 0.1) is 5.92 Å². The van der Waals surface area contributed by atoms with Crippen molar-refractivity contribution in [1.82, 2.24) is 4.98 Å². The van der Waals surface area contributed by atoms with E-state index >= 15 is 0 Å². The largest absolute Gasteiger partial charge is 0.462 e. The van der Waals surface area contributed by atoms with Gasteiger partial charge in [-0.3, -0.25) is 4.98 Å². The van der Waals surface area contributed by atoms with E-state index in [1.54, 1.807) is 24.5 Å². The molecule has 0 saturated carbocycles. The number of aromatic nitrogens is 1. The second-order valence-electron chi connectivity index (χ2n) is 3.98. The molecule has 16 heavy (non-hydrogen) atoms. The molecule has 1 heterocycles. The fourth-order valence-electron chi connectivity index (χ4n) is 1.77. The normalized spacial score (nSPS) is 19.4. The molecule has 0 N–H and O–H groups in total. The SMILES string of the molecule is O=C(OCC1CC=CCC1)c1ccncc1. The minimum Gasteiger partial charge on any atom is -0.462 e. The van der Waals surface area contributed by atoms with E-state index in [1.807, 2.05) is 0 Å². The molecule has 0 spiro atoms. The minimum absolute atomic E-state index is 0.253. The molecule has 3 nitrogen and oxygen atoms in total. The molecule has 1 aliphatic carbocycles. The second-order valence-corrected chi connectivity index (χ2v) is 3.98. The molecule has 84 valence electrons. The van der Waals surface area contributed by atoms with Gasteiger partial charge in [0.25, 0.3) is 0 Å². The summed E-state index contributed by atoms with van der Waals surface area (Å²) >= 11 is 0. The Morgan fingerprint density at radius 2 is 2.19 bits per heavy atom. The van der Waals surface area contributed by atoms with Gasteiger partial charge in [0.2, 0.25) is 0 Å². The van der Waals surface area contributed by atoms with Crippen LogP contribution in [0.3, 0.4) is 0 Å². The van der Waals surface area contributed by atoms with E-state index in [1.165, 1.54) is 0 Å². The summed E-state index contributed by atoms with van der Waals surface area (Å²) in [6.07, 6.45) is 10.8. The molecule has 0 bridgehead atoms. The summed E-state index contributed by atoms with van der Waals surface area (Å²) in [5.41, 5.74) is 0.571. The van der Waals surface area contributed by atoms with E-state index in [0.29, 0.717) is 18.1 Å². The van der Waals surface area contributed by atoms with E-state index in [0.717, 1.165) is 19.3 Å². The lowest BCUT2D eigenvalue weighted by atomic mass is 9.95. The van der Waals surface area contributed by atoms with E-state index in [2.05, 4.69) is 17.1 Å². The topological polar surface area (TPSA) is 39.2 Å². The van der Waals surface area contributed by atoms with Crippen molar-refractivity contribution < 1.29 is 9.53 Å². The van der Waals surface area contributed by atoms with Crippen molar-refractivity contribution in [2.75, 3.05) is 6.61 Å². The number of nitrogens with zero attached hydrogens (tertiary/aromatic N) is 1. The van der Waals surface area contributed by atoms with Gasteiger partial charge in [0.1, 0.15) is 0 Å². The third-order valence-corrected chi connectivity index (χ3v) is 2.74. The first-order valence-corrected chi connectivity index (χ1v) is 5.58. The van der Waals surface area contributed by atoms with Crippen LogP contribution in [0.1, 0.15) is 29.6 Å². The summed E-state index contributed by atoms with van der Waals surface area (Å²) in [6.45, 7) is 0.519. The summed E-state index contributed by atoms with van der Waals surface area (Å²) in [5, 5.41) is 0. The summed E-state index contributed by atoms with van der Waals surface area (Å²) in [6, 6.07) is 3.34. The van der Waals surface area contributed by atoms with Crippen molar-refractivity contribution in [1.29, 1.82) is 0 Å². The van der Waals surface area contributed by atoms with Crippen molar-refractivity contribution in [2.24, 2.45) is 5.92 Å². The number of hydrogen-bond donors (Lipinski definition) is 0. The summed E-state index contributed by atoms with van der Waals surface area (Å²) in [5.74, 6) is 0.229. The molecule has 0 saturated heterocycles. The molecule has 1 atom stereocenters. The number of rotatable bonds is 3. The Bertz CT molecular complexity index is 373. The molecule has 2 rings (SSSR count). The highest BCUT2D eigenvalue weighted by Crippen LogP contribution is 2.18. The molecule has 0 fully saturated rings. The number of hydrogen-bond acceptors (Lipinski definition) is 3. The predicted octanol–water partition coefficient (Wildman–Crippen LogP) is 2.59. The lowest BCUT2D eigenvalue weighted by Crippen LogP contribution is -2.15. The highest BCUT2D eigenvalue weighted by molar-refractivity contribution is 5.89. The Morgan fingerprint density at radius 3 is 2.88 bits per heavy atom. The Balaban J connectivity index is 1.82. The summed E-state index contributed by atoms with van der Waals surface area (Å²) in [4.78, 5) is 15.5. The van der Waals surface area contributed by atoms with Crippen LogP contribution < -0.4 is 0 Å². The number of esters is 1. The number of carbonyl (C=O) groups is 1. The van der Waals surface area contributed by atoms with Crippen LogP contribution in [-0.4, -0.2) is 17.6 Å². The van der Waals surface area contributed by atoms with Crippen LogP contribution in [0.15, 0.2) is 36.7 Å². The van der Waals surface area contributed by atoms with E-state index in [4.69, 9.17) is 4.74 Å². The molecule has 1 aliphatic rings. The van der Waals surface area contributed by atoms with E-state index < -0.39 is 0 Å². The van der Waals surface area contributed by atoms with Crippen LogP contribution in [0.25, 0.3) is 0 Å². The monoisotopic (exact) mass is 217 g/mol. The first kappa shape index (κ1) is 10.9. The van der Waals surface area contributed by atoms with Crippen LogP contribution in [0.5, 0.6) is 0 Å². The van der Waals surface area contributed by atoms with Crippen molar-refractivity contribution in [2.45, 2.75) is 19.3 Å². The van der Waals surface area contributed by atoms with Gasteiger partial charge in [-0.15, -0.1) is 0 Å². The molecule has 0 aliphatic heterocycles. The van der Waals surface area contributed by atoms with Gasteiger partial charge >= 0.3 is 5.97 Å². The maximum Gasteiger partial charge on any atom is 0.338 e. The van der Waals surface area contributed by atoms with E-state index in [-0.39, 0.29) is 5.97 Å². The molecule has 1 aromatic rings. The first-order valence-electron chi connectivity index (χ1n) is 5.58. The van der Waals surface area contributed by atoms with Crippen molar-refractivity contribution >= 4 is 5.97 Å². The molecule has 3 heteroatoms. The Labute approximate surface area is 95.2 Å². The maximum atomic E-state index is 11.6. The number of carbonyl (C=O) groups excluding carboxylic acids is 1. The number of ether oxygens (including phenoxy) is 1. The predicted molar refractivity (Wildman–Crippen MR) is 61.0 cm³/mol. The maximum absolute atomic E-state index is 11.6. The van der Waals surface area contributed by atoms with Crippen LogP contribution >= 0.6 is 0 Å². The van der Waals surface area contributed by atoms with Crippen molar-refractivity contribution in [3.63, 3.8) is 0 Å². The fraction of sp³-hybridized carbons (Fsp3) is 0.385. The Morgan fingerprint density at radius 1 is 1.38 bits per heavy atom. The molecule has 0 radical (unpaired) electrons. The highest BCUT2D eigenvalue weighted by Gasteiger charge is 2.13. The zero-order valence-corrected chi connectivity index (χ0v) is 9.13. The van der Waals surface area contributed by atoms with Crippen molar-refractivity contribution in [3.05, 3.63) is 42.2 Å². The molecular weight excluding hydrogens is 202 g/mol. The van der Waals surface area contributed by atoms with Gasteiger partial charge in [-0.25, -0.2) is 4.79 Å². The zero-order valence-electron chi connectivity index (χ0n) is 9.13. The van der Waals surface area contributed by atoms with Gasteiger partial charge in [-0.2, -0.15) is 0 Å². The van der Waals surface area contributed by atoms with Crippen LogP contribution in [0.2, 0.25) is 0 Å². The average molecular weight is 217 g/mol. The Kier molecular flexibility index (Phi) is 3.70. The lowest BCUT2D eigenvalue weighted by Gasteiger charge is -2.17. The van der Waals surface area contributed by atoms with Gasteiger partial charge < -0.3 is 4.74 Å². The molecule has 1 unspecified atom stereocenters. The standard InChI is InChI=1S/C13H15NO2/c15-13(12-6-8-14-9-7-12)16-10-11-4-2-1-3-5-11/h1-2,6-9,11H,3-5,10H2. The molecule has 0 aromatic carbocycles. The van der Waals surface area contributed by atoms with Gasteiger partial charge in [0.15, 0.2) is 0 Å². The third-order valence-electron chi connectivity index (χ3n) is 2.74. The van der Waals surface area contributed by atoms with Crippen LogP contribution in [0.4, 0.5) is 0 Å². The van der Waals surface area contributed by atoms with Gasteiger partial charge in [0.05, 0.1) is 12.2 Å². The van der Waals surface area contributed by atoms with Gasteiger partial charge in [-0.05, 0) is 37.3 Å². The molecule has 0 amide bonds. The molecular formula is C13H15NO2. The number of pyridine rings is 1. The summed E-state index contributed by atoms with van der Waals surface area (Å²) in [7, 11) is 0. The fourth-order valence-corrected chi connectivity index (χ4v) is 1.77. The quantitative estimate of drug-likeness (QED) is 0.577. The van der Waals surface area contributed by atoms with E-state index in [9.17, 15) is 4.79 Å². The third kappa shape index (κ3) is 2.92. The van der Waals surface area contributed by atoms with Crippen molar-refractivity contribution in [3.8, 4) is 0 Å². The minimum atomic E-state index is -0.253. The average Bonchev–Trinajstić information content (AvgIpc) is 2.38. The smallest absolute Gasteiger partial charge is 0.338 e. The zero-order chi connectivity index (χ0) is 11.2. The van der Waals surface area contributed by atoms with Crippen LogP contribution in [-0.2, 0) is 4.74 Å². The van der Waals surface area contributed by atoms with Gasteiger partial charge in [0, 0.05) is 12.4 Å². The number of allylic oxidation sites excluding steroid dienone is 2. The first-order chi connectivity index (χ1) is 7.86. The highest BCUT2D eigenvalue weighted by atomic mass is 16.5. The second kappa shape index (κ2) is 5.45. The Hall–Kier alpha value is -1.64. The van der Waals surface area contributed by atoms with Gasteiger partial charge in [-0.1, -0.05) is 12.2 Å².